The van der Waals surface area contributed by atoms with E-state index in [9.17, 15) is 9.90 Å². The molecule has 0 fully saturated rings. The standard InChI is InChI=1S/C22H38NO3/c1-7-14-23(5,6)16-20(24)17-26-21(25)22(3,4)15-18(8-2)19-12-10-9-11-13-19/h9-13,18,20,24H,7-8,14-17H2,1-6H3/q+1. The Kier molecular flexibility index (Phi) is 8.78. The lowest BCUT2D eigenvalue weighted by atomic mass is 9.79. The van der Waals surface area contributed by atoms with Gasteiger partial charge >= 0.3 is 5.97 Å². The summed E-state index contributed by atoms with van der Waals surface area (Å²) in [5.74, 6) is 0.0931. The minimum atomic E-state index is -0.632. The highest BCUT2D eigenvalue weighted by atomic mass is 16.5. The van der Waals surface area contributed by atoms with Gasteiger partial charge in [-0.3, -0.25) is 4.79 Å². The van der Waals surface area contributed by atoms with Gasteiger partial charge in [-0.1, -0.05) is 44.2 Å². The Morgan fingerprint density at radius 1 is 1.19 bits per heavy atom. The number of likely N-dealkylation sites (N-methyl/N-ethyl adjacent to an activating group) is 1. The number of aliphatic hydroxyl groups excluding tert-OH is 1. The third-order valence-electron chi connectivity index (χ3n) is 5.01. The summed E-state index contributed by atoms with van der Waals surface area (Å²) in [6.45, 7) is 9.79. The maximum Gasteiger partial charge on any atom is 0.311 e. The maximum atomic E-state index is 12.6. The van der Waals surface area contributed by atoms with Crippen molar-refractivity contribution in [3.8, 4) is 0 Å². The lowest BCUT2D eigenvalue weighted by Gasteiger charge is -2.32. The summed E-state index contributed by atoms with van der Waals surface area (Å²) >= 11 is 0. The van der Waals surface area contributed by atoms with Crippen LogP contribution in [0.1, 0.15) is 58.4 Å². The lowest BCUT2D eigenvalue weighted by Crippen LogP contribution is -2.47. The second-order valence-corrected chi connectivity index (χ2v) is 8.70. The molecule has 1 aromatic carbocycles. The zero-order chi connectivity index (χ0) is 19.8. The van der Waals surface area contributed by atoms with Crippen LogP contribution in [0.25, 0.3) is 0 Å². The predicted molar refractivity (Wildman–Crippen MR) is 107 cm³/mol. The topological polar surface area (TPSA) is 46.5 Å². The molecule has 0 radical (unpaired) electrons. The third-order valence-corrected chi connectivity index (χ3v) is 5.01. The smallest absolute Gasteiger partial charge is 0.311 e. The van der Waals surface area contributed by atoms with Crippen molar-refractivity contribution in [3.05, 3.63) is 35.9 Å². The van der Waals surface area contributed by atoms with E-state index in [0.29, 0.717) is 12.5 Å². The Hall–Kier alpha value is -1.39. The van der Waals surface area contributed by atoms with Gasteiger partial charge in [0.05, 0.1) is 26.1 Å². The molecule has 1 aromatic rings. The molecular weight excluding hydrogens is 326 g/mol. The fourth-order valence-corrected chi connectivity index (χ4v) is 3.61. The van der Waals surface area contributed by atoms with Crippen LogP contribution in [0, 0.1) is 5.41 Å². The van der Waals surface area contributed by atoms with Gasteiger partial charge in [-0.05, 0) is 44.6 Å². The summed E-state index contributed by atoms with van der Waals surface area (Å²) in [5.41, 5.74) is 0.679. The van der Waals surface area contributed by atoms with Crippen molar-refractivity contribution >= 4 is 5.97 Å². The normalized spacial score (nSPS) is 14.7. The van der Waals surface area contributed by atoms with Gasteiger partial charge in [0.25, 0.3) is 0 Å². The summed E-state index contributed by atoms with van der Waals surface area (Å²) in [6, 6.07) is 10.3. The molecule has 1 N–H and O–H groups in total. The van der Waals surface area contributed by atoms with Crippen molar-refractivity contribution in [2.24, 2.45) is 5.41 Å². The average molecular weight is 365 g/mol. The third kappa shape index (κ3) is 7.46. The molecule has 0 saturated heterocycles. The van der Waals surface area contributed by atoms with Crippen molar-refractivity contribution in [1.29, 1.82) is 0 Å². The molecule has 4 nitrogen and oxygen atoms in total. The molecule has 0 saturated carbocycles. The quantitative estimate of drug-likeness (QED) is 0.477. The van der Waals surface area contributed by atoms with Crippen LogP contribution < -0.4 is 0 Å². The average Bonchev–Trinajstić information content (AvgIpc) is 2.57. The summed E-state index contributed by atoms with van der Waals surface area (Å²) in [7, 11) is 4.17. The highest BCUT2D eigenvalue weighted by molar-refractivity contribution is 5.76. The van der Waals surface area contributed by atoms with Crippen LogP contribution in [-0.4, -0.2) is 55.5 Å². The molecule has 0 bridgehead atoms. The van der Waals surface area contributed by atoms with E-state index in [0.717, 1.165) is 30.3 Å². The van der Waals surface area contributed by atoms with Gasteiger partial charge in [-0.2, -0.15) is 0 Å². The number of carbonyl (C=O) groups is 1. The van der Waals surface area contributed by atoms with Crippen LogP contribution in [-0.2, 0) is 9.53 Å². The van der Waals surface area contributed by atoms with Crippen LogP contribution in [0.3, 0.4) is 0 Å². The van der Waals surface area contributed by atoms with E-state index >= 15 is 0 Å². The van der Waals surface area contributed by atoms with Gasteiger partial charge in [0.1, 0.15) is 19.3 Å². The molecule has 0 aromatic heterocycles. The Labute approximate surface area is 159 Å². The molecule has 0 aliphatic heterocycles. The molecule has 0 heterocycles. The molecule has 0 spiro atoms. The number of benzene rings is 1. The van der Waals surface area contributed by atoms with E-state index in [2.05, 4.69) is 40.1 Å². The van der Waals surface area contributed by atoms with Crippen LogP contribution in [0.15, 0.2) is 30.3 Å². The van der Waals surface area contributed by atoms with Gasteiger partial charge in [0, 0.05) is 0 Å². The number of quaternary nitrogens is 1. The van der Waals surface area contributed by atoms with Crippen molar-refractivity contribution in [1.82, 2.24) is 0 Å². The number of nitrogens with zero attached hydrogens (tertiary/aromatic N) is 1. The molecule has 0 amide bonds. The number of hydrogen-bond donors (Lipinski definition) is 1. The lowest BCUT2D eigenvalue weighted by molar-refractivity contribution is -0.893. The van der Waals surface area contributed by atoms with Crippen LogP contribution in [0.4, 0.5) is 0 Å². The van der Waals surface area contributed by atoms with E-state index in [1.807, 2.05) is 32.0 Å². The SMILES string of the molecule is CCC[N+](C)(C)CC(O)COC(=O)C(C)(C)CC(CC)c1ccccc1. The Balaban J connectivity index is 2.59. The number of aliphatic hydroxyl groups is 1. The molecular formula is C22H38NO3+. The van der Waals surface area contributed by atoms with Gasteiger partial charge in [-0.25, -0.2) is 0 Å². The second kappa shape index (κ2) is 10.1. The van der Waals surface area contributed by atoms with E-state index < -0.39 is 11.5 Å². The van der Waals surface area contributed by atoms with Gasteiger partial charge in [0.2, 0.25) is 0 Å². The number of esters is 1. The molecule has 26 heavy (non-hydrogen) atoms. The minimum absolute atomic E-state index is 0.0653. The largest absolute Gasteiger partial charge is 0.462 e. The van der Waals surface area contributed by atoms with Crippen LogP contribution in [0.5, 0.6) is 0 Å². The molecule has 148 valence electrons. The second-order valence-electron chi connectivity index (χ2n) is 8.70. The summed E-state index contributed by atoms with van der Waals surface area (Å²) in [4.78, 5) is 12.6. The molecule has 2 unspecified atom stereocenters. The first-order valence-electron chi connectivity index (χ1n) is 9.83. The molecule has 4 heteroatoms. The fourth-order valence-electron chi connectivity index (χ4n) is 3.61. The molecule has 0 aliphatic carbocycles. The van der Waals surface area contributed by atoms with Crippen LogP contribution >= 0.6 is 0 Å². The number of hydrogen-bond acceptors (Lipinski definition) is 3. The molecule has 2 atom stereocenters. The van der Waals surface area contributed by atoms with E-state index in [1.165, 1.54) is 5.56 Å². The van der Waals surface area contributed by atoms with E-state index in [4.69, 9.17) is 4.74 Å². The van der Waals surface area contributed by atoms with E-state index in [1.54, 1.807) is 0 Å². The van der Waals surface area contributed by atoms with Gasteiger partial charge in [0.15, 0.2) is 0 Å². The van der Waals surface area contributed by atoms with Gasteiger partial charge in [-0.15, -0.1) is 0 Å². The highest BCUT2D eigenvalue weighted by Gasteiger charge is 2.33. The first-order chi connectivity index (χ1) is 12.1. The van der Waals surface area contributed by atoms with Crippen molar-refractivity contribution in [3.63, 3.8) is 0 Å². The van der Waals surface area contributed by atoms with Crippen LogP contribution in [0.2, 0.25) is 0 Å². The molecule has 1 rings (SSSR count). The first-order valence-corrected chi connectivity index (χ1v) is 9.83. The summed E-state index contributed by atoms with van der Waals surface area (Å²) in [6.07, 6.45) is 2.14. The van der Waals surface area contributed by atoms with Crippen molar-refractivity contribution in [2.45, 2.75) is 59.0 Å². The maximum absolute atomic E-state index is 12.6. The van der Waals surface area contributed by atoms with Gasteiger partial charge < -0.3 is 14.3 Å². The van der Waals surface area contributed by atoms with E-state index in [-0.39, 0.29) is 12.6 Å². The zero-order valence-electron chi connectivity index (χ0n) is 17.5. The Morgan fingerprint density at radius 3 is 2.35 bits per heavy atom. The Bertz CT molecular complexity index is 540. The first kappa shape index (κ1) is 22.7. The summed E-state index contributed by atoms with van der Waals surface area (Å²) < 4.78 is 6.20. The summed E-state index contributed by atoms with van der Waals surface area (Å²) in [5, 5.41) is 10.2. The molecule has 0 aliphatic rings. The number of carbonyl (C=O) groups excluding carboxylic acids is 1. The monoisotopic (exact) mass is 364 g/mol. The zero-order valence-corrected chi connectivity index (χ0v) is 17.5. The van der Waals surface area contributed by atoms with Crippen molar-refractivity contribution < 1.29 is 19.1 Å². The predicted octanol–water partition coefficient (Wildman–Crippen LogP) is 3.99. The Morgan fingerprint density at radius 2 is 1.81 bits per heavy atom. The number of ether oxygens (including phenoxy) is 1. The van der Waals surface area contributed by atoms with Crippen molar-refractivity contribution in [2.75, 3.05) is 33.8 Å². The highest BCUT2D eigenvalue weighted by Crippen LogP contribution is 2.34. The number of rotatable bonds is 11. The fraction of sp³-hybridized carbons (Fsp3) is 0.682. The minimum Gasteiger partial charge on any atom is -0.462 e.